The molecule has 0 radical (unpaired) electrons. The number of hydrogen-bond acceptors (Lipinski definition) is 5. The second-order valence-corrected chi connectivity index (χ2v) is 6.96. The summed E-state index contributed by atoms with van der Waals surface area (Å²) in [5.41, 5.74) is -0.577. The number of nitrogens with zero attached hydrogens (tertiary/aromatic N) is 3. The van der Waals surface area contributed by atoms with E-state index >= 15 is 0 Å². The molecule has 0 fully saturated rings. The zero-order chi connectivity index (χ0) is 18.9. The summed E-state index contributed by atoms with van der Waals surface area (Å²) in [5.74, 6) is 0.237. The van der Waals surface area contributed by atoms with Crippen LogP contribution in [-0.2, 0) is 5.66 Å². The number of anilines is 2. The molecule has 0 spiro atoms. The Kier molecular flexibility index (Phi) is 5.00. The summed E-state index contributed by atoms with van der Waals surface area (Å²) in [4.78, 5) is 33.8. The highest BCUT2D eigenvalue weighted by atomic mass is 35.5. The lowest BCUT2D eigenvalue weighted by molar-refractivity contribution is 0.0822. The lowest BCUT2D eigenvalue weighted by Crippen LogP contribution is -2.52. The van der Waals surface area contributed by atoms with E-state index in [4.69, 9.17) is 11.6 Å². The molecule has 0 bridgehead atoms. The number of halogens is 1. The Morgan fingerprint density at radius 1 is 1.38 bits per heavy atom. The fourth-order valence-corrected chi connectivity index (χ4v) is 3.84. The molecule has 0 aromatic carbocycles. The molecule has 138 valence electrons. The van der Waals surface area contributed by atoms with E-state index in [1.165, 1.54) is 12.4 Å². The first-order valence-corrected chi connectivity index (χ1v) is 9.14. The van der Waals surface area contributed by atoms with Crippen molar-refractivity contribution in [3.63, 3.8) is 0 Å². The van der Waals surface area contributed by atoms with E-state index in [9.17, 15) is 9.59 Å². The third-order valence-corrected chi connectivity index (χ3v) is 5.29. The molecule has 0 saturated carbocycles. The molecule has 26 heavy (non-hydrogen) atoms. The molecule has 2 aromatic heterocycles. The zero-order valence-electron chi connectivity index (χ0n) is 15.0. The molecule has 2 atom stereocenters. The Balaban J connectivity index is 2.20. The van der Waals surface area contributed by atoms with Crippen molar-refractivity contribution in [3.8, 4) is 0 Å². The Morgan fingerprint density at radius 3 is 2.77 bits per heavy atom. The molecule has 7 nitrogen and oxygen atoms in total. The van der Waals surface area contributed by atoms with Crippen molar-refractivity contribution >= 4 is 29.0 Å². The number of carbonyl (C=O) groups excluding carboxylic acids is 1. The van der Waals surface area contributed by atoms with E-state index < -0.39 is 5.66 Å². The minimum absolute atomic E-state index is 0.0655. The highest BCUT2D eigenvalue weighted by Gasteiger charge is 2.47. The van der Waals surface area contributed by atoms with Crippen molar-refractivity contribution in [2.75, 3.05) is 5.32 Å². The molecule has 0 saturated heterocycles. The molecule has 1 aliphatic heterocycles. The molecule has 3 heterocycles. The largest absolute Gasteiger partial charge is 0.336 e. The van der Waals surface area contributed by atoms with Crippen LogP contribution in [0.3, 0.4) is 0 Å². The van der Waals surface area contributed by atoms with Gasteiger partial charge in [0.2, 0.25) is 0 Å². The fourth-order valence-electron chi connectivity index (χ4n) is 3.56. The maximum absolute atomic E-state index is 13.3. The average molecular weight is 376 g/mol. The van der Waals surface area contributed by atoms with Crippen LogP contribution in [-0.4, -0.2) is 20.4 Å². The highest BCUT2D eigenvalue weighted by Crippen LogP contribution is 2.38. The number of rotatable bonds is 6. The number of nitrogens with one attached hydrogen (secondary N) is 2. The predicted octanol–water partition coefficient (Wildman–Crippen LogP) is 3.28. The number of carbonyl (C=O) groups is 1. The molecule has 1 amide bonds. The second kappa shape index (κ2) is 7.07. The van der Waals surface area contributed by atoms with Crippen molar-refractivity contribution in [3.05, 3.63) is 45.7 Å². The van der Waals surface area contributed by atoms with E-state index in [0.29, 0.717) is 12.2 Å². The van der Waals surface area contributed by atoms with Gasteiger partial charge in [0.05, 0.1) is 5.02 Å². The number of aromatic nitrogens is 3. The smallest absolute Gasteiger partial charge is 0.276 e. The molecule has 1 aliphatic rings. The van der Waals surface area contributed by atoms with Gasteiger partial charge in [0.15, 0.2) is 0 Å². The second-order valence-electron chi connectivity index (χ2n) is 6.55. The normalized spacial score (nSPS) is 19.8. The maximum Gasteiger partial charge on any atom is 0.276 e. The van der Waals surface area contributed by atoms with Crippen LogP contribution in [0.2, 0.25) is 5.02 Å². The van der Waals surface area contributed by atoms with E-state index in [2.05, 4.69) is 20.6 Å². The van der Waals surface area contributed by atoms with Crippen molar-refractivity contribution < 1.29 is 4.79 Å². The van der Waals surface area contributed by atoms with Crippen LogP contribution in [0, 0.1) is 5.92 Å². The summed E-state index contributed by atoms with van der Waals surface area (Å²) >= 11 is 6.39. The summed E-state index contributed by atoms with van der Waals surface area (Å²) in [6.45, 7) is 6.11. The van der Waals surface area contributed by atoms with E-state index in [1.54, 1.807) is 16.8 Å². The van der Waals surface area contributed by atoms with Crippen molar-refractivity contribution in [2.45, 2.75) is 45.7 Å². The van der Waals surface area contributed by atoms with Crippen molar-refractivity contribution in [2.24, 2.45) is 5.92 Å². The van der Waals surface area contributed by atoms with Gasteiger partial charge in [-0.2, -0.15) is 0 Å². The summed E-state index contributed by atoms with van der Waals surface area (Å²) in [6, 6.07) is 3.14. The monoisotopic (exact) mass is 375 g/mol. The van der Waals surface area contributed by atoms with Crippen LogP contribution in [0.4, 0.5) is 11.5 Å². The van der Waals surface area contributed by atoms with Gasteiger partial charge in [0.25, 0.3) is 11.5 Å². The summed E-state index contributed by atoms with van der Waals surface area (Å²) in [5, 5.41) is 6.27. The average Bonchev–Trinajstić information content (AvgIpc) is 2.94. The number of amides is 1. The summed E-state index contributed by atoms with van der Waals surface area (Å²) < 4.78 is 1.54. The first-order chi connectivity index (χ1) is 12.4. The molecule has 8 heteroatoms. The minimum atomic E-state index is -0.778. The Labute approximate surface area is 156 Å². The van der Waals surface area contributed by atoms with Gasteiger partial charge in [-0.1, -0.05) is 38.8 Å². The van der Waals surface area contributed by atoms with Crippen LogP contribution in [0.1, 0.15) is 50.5 Å². The quantitative estimate of drug-likeness (QED) is 0.808. The van der Waals surface area contributed by atoms with Gasteiger partial charge < -0.3 is 10.6 Å². The Hall–Kier alpha value is -2.41. The molecular weight excluding hydrogens is 354 g/mol. The van der Waals surface area contributed by atoms with Gasteiger partial charge in [-0.25, -0.2) is 9.97 Å². The maximum atomic E-state index is 13.3. The third-order valence-electron chi connectivity index (χ3n) is 5.00. The van der Waals surface area contributed by atoms with E-state index in [0.717, 1.165) is 12.8 Å². The van der Waals surface area contributed by atoms with Crippen molar-refractivity contribution in [1.82, 2.24) is 19.9 Å². The Morgan fingerprint density at radius 2 is 2.15 bits per heavy atom. The summed E-state index contributed by atoms with van der Waals surface area (Å²) in [7, 11) is 0. The van der Waals surface area contributed by atoms with Crippen LogP contribution < -0.4 is 16.2 Å². The van der Waals surface area contributed by atoms with Crippen LogP contribution >= 0.6 is 11.6 Å². The first kappa shape index (κ1) is 18.4. The van der Waals surface area contributed by atoms with E-state index in [1.807, 2.05) is 20.8 Å². The van der Waals surface area contributed by atoms with Gasteiger partial charge in [-0.15, -0.1) is 0 Å². The van der Waals surface area contributed by atoms with Gasteiger partial charge >= 0.3 is 0 Å². The van der Waals surface area contributed by atoms with Crippen LogP contribution in [0.15, 0.2) is 29.5 Å². The minimum Gasteiger partial charge on any atom is -0.336 e. The molecular formula is C18H22ClN5O2. The highest BCUT2D eigenvalue weighted by molar-refractivity contribution is 6.34. The third kappa shape index (κ3) is 2.86. The molecule has 2 unspecified atom stereocenters. The number of hydrogen-bond donors (Lipinski definition) is 2. The first-order valence-electron chi connectivity index (χ1n) is 8.76. The topological polar surface area (TPSA) is 88.9 Å². The Bertz CT molecular complexity index is 883. The SMILES string of the molecule is CCCC1(C(C)CC)NC(=O)c2c(Cl)cc(Nc3ccncn3)c(=O)n21. The van der Waals surface area contributed by atoms with E-state index in [-0.39, 0.29) is 33.8 Å². The van der Waals surface area contributed by atoms with Gasteiger partial charge in [0.1, 0.15) is 29.2 Å². The van der Waals surface area contributed by atoms with Crippen molar-refractivity contribution in [1.29, 1.82) is 0 Å². The predicted molar refractivity (Wildman–Crippen MR) is 101 cm³/mol. The molecule has 2 N–H and O–H groups in total. The number of fused-ring (bicyclic) bond motifs is 1. The van der Waals surface area contributed by atoms with Crippen LogP contribution in [0.25, 0.3) is 0 Å². The number of pyridine rings is 1. The standard InChI is InChI=1S/C18H22ClN5O2/c1-4-7-18(11(3)5-2)23-16(25)15-12(19)9-13(17(26)24(15)18)22-14-6-8-20-10-21-14/h6,8-11H,4-5,7H2,1-3H3,(H,23,25)(H,20,21,22). The molecule has 2 aromatic rings. The van der Waals surface area contributed by atoms with Gasteiger partial charge in [0, 0.05) is 6.20 Å². The van der Waals surface area contributed by atoms with Gasteiger partial charge in [-0.05, 0) is 30.9 Å². The summed E-state index contributed by atoms with van der Waals surface area (Å²) in [6.07, 6.45) is 5.24. The fraction of sp³-hybridized carbons (Fsp3) is 0.444. The van der Waals surface area contributed by atoms with Gasteiger partial charge in [-0.3, -0.25) is 14.2 Å². The lowest BCUT2D eigenvalue weighted by Gasteiger charge is -2.37. The van der Waals surface area contributed by atoms with Crippen LogP contribution in [0.5, 0.6) is 0 Å². The zero-order valence-corrected chi connectivity index (χ0v) is 15.8. The molecule has 3 rings (SSSR count). The molecule has 0 aliphatic carbocycles. The lowest BCUT2D eigenvalue weighted by atomic mass is 9.88.